The highest BCUT2D eigenvalue weighted by atomic mass is 16.2. The molecule has 5 heteroatoms. The molecular formula is C14H18N4O. The summed E-state index contributed by atoms with van der Waals surface area (Å²) >= 11 is 0. The lowest BCUT2D eigenvalue weighted by Crippen LogP contribution is -2.56. The molecule has 0 aromatic heterocycles. The van der Waals surface area contributed by atoms with Crippen LogP contribution in [0, 0.1) is 11.3 Å². The van der Waals surface area contributed by atoms with Crippen molar-refractivity contribution in [3.8, 4) is 6.07 Å². The molecule has 0 bridgehead atoms. The highest BCUT2D eigenvalue weighted by Crippen LogP contribution is 2.24. The lowest BCUT2D eigenvalue weighted by Gasteiger charge is -2.37. The van der Waals surface area contributed by atoms with Crippen LogP contribution in [0.25, 0.3) is 0 Å². The van der Waals surface area contributed by atoms with Gasteiger partial charge in [-0.3, -0.25) is 4.79 Å². The van der Waals surface area contributed by atoms with E-state index in [-0.39, 0.29) is 11.9 Å². The van der Waals surface area contributed by atoms with E-state index in [9.17, 15) is 10.1 Å². The monoisotopic (exact) mass is 258 g/mol. The van der Waals surface area contributed by atoms with Gasteiger partial charge in [-0.1, -0.05) is 12.1 Å². The summed E-state index contributed by atoms with van der Waals surface area (Å²) in [5.74, 6) is 0.0363. The van der Waals surface area contributed by atoms with E-state index in [4.69, 9.17) is 0 Å². The lowest BCUT2D eigenvalue weighted by atomic mass is 10.1. The zero-order chi connectivity index (χ0) is 13.7. The minimum Gasteiger partial charge on any atom is -0.357 e. The van der Waals surface area contributed by atoms with Crippen molar-refractivity contribution < 1.29 is 4.79 Å². The van der Waals surface area contributed by atoms with Crippen LogP contribution in [0.2, 0.25) is 0 Å². The molecule has 1 unspecified atom stereocenters. The number of nitrogens with one attached hydrogen (secondary N) is 2. The van der Waals surface area contributed by atoms with Gasteiger partial charge in [0, 0.05) is 13.1 Å². The fourth-order valence-electron chi connectivity index (χ4n) is 2.39. The molecule has 19 heavy (non-hydrogen) atoms. The Hall–Kier alpha value is -2.06. The highest BCUT2D eigenvalue weighted by molar-refractivity contribution is 5.87. The first-order valence-corrected chi connectivity index (χ1v) is 6.46. The molecule has 1 aliphatic rings. The predicted octanol–water partition coefficient (Wildman–Crippen LogP) is 0.473. The summed E-state index contributed by atoms with van der Waals surface area (Å²) in [6.07, 6.45) is 0.724. The van der Waals surface area contributed by atoms with Crippen molar-refractivity contribution in [3.05, 3.63) is 29.8 Å². The van der Waals surface area contributed by atoms with Gasteiger partial charge in [0.05, 0.1) is 11.3 Å². The standard InChI is InChI=1S/C14H18N4O/c1-16-7-6-13-14(19)17-8-9-18(13)12-5-3-2-4-11(12)10-15/h2-5,13,16H,6-9H2,1H3,(H,17,19). The number of carbonyl (C=O) groups excluding carboxylic acids is 1. The number of rotatable bonds is 4. The second-order valence-electron chi connectivity index (χ2n) is 4.52. The number of hydrogen-bond donors (Lipinski definition) is 2. The number of benzene rings is 1. The van der Waals surface area contributed by atoms with E-state index >= 15 is 0 Å². The molecule has 1 atom stereocenters. The lowest BCUT2D eigenvalue weighted by molar-refractivity contribution is -0.123. The summed E-state index contributed by atoms with van der Waals surface area (Å²) in [4.78, 5) is 14.1. The van der Waals surface area contributed by atoms with Gasteiger partial charge in [0.2, 0.25) is 5.91 Å². The molecule has 1 aromatic carbocycles. The molecule has 0 radical (unpaired) electrons. The van der Waals surface area contributed by atoms with Crippen LogP contribution in [0.5, 0.6) is 0 Å². The Morgan fingerprint density at radius 3 is 3.05 bits per heavy atom. The van der Waals surface area contributed by atoms with Crippen LogP contribution in [0.15, 0.2) is 24.3 Å². The van der Waals surface area contributed by atoms with Crippen LogP contribution in [0.1, 0.15) is 12.0 Å². The third-order valence-corrected chi connectivity index (χ3v) is 3.33. The summed E-state index contributed by atoms with van der Waals surface area (Å²) in [5.41, 5.74) is 1.47. The Bertz CT molecular complexity index is 494. The molecule has 1 aliphatic heterocycles. The SMILES string of the molecule is CNCCC1C(=O)NCCN1c1ccccc1C#N. The summed E-state index contributed by atoms with van der Waals surface area (Å²) in [6.45, 7) is 2.12. The van der Waals surface area contributed by atoms with Gasteiger partial charge in [-0.2, -0.15) is 5.26 Å². The van der Waals surface area contributed by atoms with Crippen LogP contribution < -0.4 is 15.5 Å². The van der Waals surface area contributed by atoms with Crippen molar-refractivity contribution >= 4 is 11.6 Å². The highest BCUT2D eigenvalue weighted by Gasteiger charge is 2.30. The Morgan fingerprint density at radius 1 is 1.53 bits per heavy atom. The zero-order valence-electron chi connectivity index (χ0n) is 11.0. The first kappa shape index (κ1) is 13.4. The number of nitrogens with zero attached hydrogens (tertiary/aromatic N) is 2. The molecule has 1 heterocycles. The summed E-state index contributed by atoms with van der Waals surface area (Å²) < 4.78 is 0. The van der Waals surface area contributed by atoms with Gasteiger partial charge >= 0.3 is 0 Å². The number of piperazine rings is 1. The Morgan fingerprint density at radius 2 is 2.32 bits per heavy atom. The first-order valence-electron chi connectivity index (χ1n) is 6.46. The third-order valence-electron chi connectivity index (χ3n) is 3.33. The number of anilines is 1. The van der Waals surface area contributed by atoms with Gasteiger partial charge < -0.3 is 15.5 Å². The maximum Gasteiger partial charge on any atom is 0.242 e. The molecule has 1 saturated heterocycles. The third kappa shape index (κ3) is 2.85. The number of hydrogen-bond acceptors (Lipinski definition) is 4. The van der Waals surface area contributed by atoms with Crippen LogP contribution in [0.4, 0.5) is 5.69 Å². The van der Waals surface area contributed by atoms with Crippen LogP contribution in [0.3, 0.4) is 0 Å². The minimum atomic E-state index is -0.212. The maximum atomic E-state index is 12.0. The molecule has 0 spiro atoms. The molecule has 1 aromatic rings. The van der Waals surface area contributed by atoms with Crippen LogP contribution in [-0.4, -0.2) is 38.6 Å². The van der Waals surface area contributed by atoms with Gasteiger partial charge in [-0.25, -0.2) is 0 Å². The molecular weight excluding hydrogens is 240 g/mol. The second kappa shape index (κ2) is 6.21. The smallest absolute Gasteiger partial charge is 0.242 e. The van der Waals surface area contributed by atoms with Crippen molar-refractivity contribution in [2.45, 2.75) is 12.5 Å². The Labute approximate surface area is 113 Å². The molecule has 2 rings (SSSR count). The molecule has 0 saturated carbocycles. The largest absolute Gasteiger partial charge is 0.357 e. The Kier molecular flexibility index (Phi) is 4.37. The minimum absolute atomic E-state index is 0.0363. The summed E-state index contributed by atoms with van der Waals surface area (Å²) in [7, 11) is 1.87. The molecule has 100 valence electrons. The topological polar surface area (TPSA) is 68.2 Å². The van der Waals surface area contributed by atoms with Gasteiger partial charge in [0.15, 0.2) is 0 Å². The van der Waals surface area contributed by atoms with Gasteiger partial charge in [-0.05, 0) is 32.1 Å². The van der Waals surface area contributed by atoms with Crippen molar-refractivity contribution in [2.24, 2.45) is 0 Å². The predicted molar refractivity (Wildman–Crippen MR) is 73.8 cm³/mol. The summed E-state index contributed by atoms with van der Waals surface area (Å²) in [6, 6.07) is 9.42. The zero-order valence-corrected chi connectivity index (χ0v) is 11.0. The molecule has 0 aliphatic carbocycles. The van der Waals surface area contributed by atoms with Gasteiger partial charge in [-0.15, -0.1) is 0 Å². The second-order valence-corrected chi connectivity index (χ2v) is 4.52. The van der Waals surface area contributed by atoms with Crippen molar-refractivity contribution in [1.29, 1.82) is 5.26 Å². The van der Waals surface area contributed by atoms with Crippen LogP contribution >= 0.6 is 0 Å². The average molecular weight is 258 g/mol. The molecule has 1 fully saturated rings. The van der Waals surface area contributed by atoms with E-state index in [1.54, 1.807) is 6.07 Å². The molecule has 5 nitrogen and oxygen atoms in total. The normalized spacial score (nSPS) is 18.8. The molecule has 1 amide bonds. The van der Waals surface area contributed by atoms with Crippen molar-refractivity contribution in [1.82, 2.24) is 10.6 Å². The van der Waals surface area contributed by atoms with E-state index in [0.717, 1.165) is 25.2 Å². The van der Waals surface area contributed by atoms with E-state index in [2.05, 4.69) is 16.7 Å². The number of nitriles is 1. The van der Waals surface area contributed by atoms with Crippen molar-refractivity contribution in [3.63, 3.8) is 0 Å². The number of carbonyl (C=O) groups is 1. The fourth-order valence-corrected chi connectivity index (χ4v) is 2.39. The Balaban J connectivity index is 2.29. The van der Waals surface area contributed by atoms with E-state index in [1.807, 2.05) is 30.1 Å². The number of amides is 1. The van der Waals surface area contributed by atoms with Gasteiger partial charge in [0.25, 0.3) is 0 Å². The average Bonchev–Trinajstić information content (AvgIpc) is 2.46. The van der Waals surface area contributed by atoms with Crippen LogP contribution in [-0.2, 0) is 4.79 Å². The quantitative estimate of drug-likeness (QED) is 0.824. The first-order chi connectivity index (χ1) is 9.27. The maximum absolute atomic E-state index is 12.0. The summed E-state index contributed by atoms with van der Waals surface area (Å²) in [5, 5.41) is 15.1. The van der Waals surface area contributed by atoms with E-state index < -0.39 is 0 Å². The fraction of sp³-hybridized carbons (Fsp3) is 0.429. The number of para-hydroxylation sites is 1. The molecule has 2 N–H and O–H groups in total. The van der Waals surface area contributed by atoms with E-state index in [1.165, 1.54) is 0 Å². The van der Waals surface area contributed by atoms with Crippen molar-refractivity contribution in [2.75, 3.05) is 31.6 Å². The van der Waals surface area contributed by atoms with Gasteiger partial charge in [0.1, 0.15) is 12.1 Å². The van der Waals surface area contributed by atoms with E-state index in [0.29, 0.717) is 12.1 Å².